The Morgan fingerprint density at radius 1 is 1.10 bits per heavy atom. The number of ether oxygens (including phenoxy) is 2. The zero-order valence-electron chi connectivity index (χ0n) is 18.3. The number of nitro groups is 1. The van der Waals surface area contributed by atoms with E-state index >= 15 is 0 Å². The number of amides is 1. The van der Waals surface area contributed by atoms with Crippen molar-refractivity contribution >= 4 is 11.6 Å². The fourth-order valence-corrected chi connectivity index (χ4v) is 3.75. The predicted molar refractivity (Wildman–Crippen MR) is 118 cm³/mol. The molecule has 31 heavy (non-hydrogen) atoms. The molecule has 1 fully saturated rings. The molecule has 2 aromatic rings. The Morgan fingerprint density at radius 2 is 1.84 bits per heavy atom. The van der Waals surface area contributed by atoms with Crippen LogP contribution in [0.5, 0.6) is 11.5 Å². The van der Waals surface area contributed by atoms with Gasteiger partial charge in [-0.25, -0.2) is 0 Å². The number of nitrogens with zero attached hydrogens (tertiary/aromatic N) is 3. The number of rotatable bonds is 7. The van der Waals surface area contributed by atoms with E-state index in [1.54, 1.807) is 11.8 Å². The van der Waals surface area contributed by atoms with Gasteiger partial charge in [-0.15, -0.1) is 0 Å². The maximum atomic E-state index is 13.2. The summed E-state index contributed by atoms with van der Waals surface area (Å²) in [6.07, 6.45) is 0.805. The average molecular weight is 428 g/mol. The van der Waals surface area contributed by atoms with Gasteiger partial charge in [0.15, 0.2) is 11.5 Å². The zero-order valence-corrected chi connectivity index (χ0v) is 18.3. The lowest BCUT2D eigenvalue weighted by molar-refractivity contribution is -0.385. The first-order chi connectivity index (χ1) is 14.9. The first-order valence-electron chi connectivity index (χ1n) is 10.5. The van der Waals surface area contributed by atoms with E-state index in [2.05, 4.69) is 36.1 Å². The van der Waals surface area contributed by atoms with Gasteiger partial charge in [-0.05, 0) is 25.8 Å². The van der Waals surface area contributed by atoms with E-state index in [4.69, 9.17) is 9.47 Å². The Hall–Kier alpha value is -3.13. The largest absolute Gasteiger partial charge is 0.493 e. The molecule has 0 N–H and O–H groups in total. The van der Waals surface area contributed by atoms with Gasteiger partial charge in [-0.2, -0.15) is 0 Å². The van der Waals surface area contributed by atoms with E-state index in [0.717, 1.165) is 19.5 Å². The summed E-state index contributed by atoms with van der Waals surface area (Å²) < 4.78 is 10.7. The molecule has 1 amide bonds. The van der Waals surface area contributed by atoms with Crippen molar-refractivity contribution in [3.8, 4) is 11.5 Å². The third-order valence-corrected chi connectivity index (χ3v) is 5.41. The lowest BCUT2D eigenvalue weighted by Gasteiger charge is -2.22. The standard InChI is InChI=1S/C23H29N3O5/c1-4-31-22-14-19(20(26(28)29)15-21(22)30-3)23(27)25-11-5-10-24(12-13-25)16-18-8-6-17(2)7-9-18/h6-9,14-15H,4-5,10-13,16H2,1-3H3. The lowest BCUT2D eigenvalue weighted by atomic mass is 10.1. The Bertz CT molecular complexity index is 930. The summed E-state index contributed by atoms with van der Waals surface area (Å²) in [5, 5.41) is 11.6. The van der Waals surface area contributed by atoms with Crippen LogP contribution in [0.3, 0.4) is 0 Å². The fourth-order valence-electron chi connectivity index (χ4n) is 3.75. The maximum absolute atomic E-state index is 13.2. The molecular weight excluding hydrogens is 398 g/mol. The van der Waals surface area contributed by atoms with Crippen LogP contribution in [0.25, 0.3) is 0 Å². The van der Waals surface area contributed by atoms with E-state index < -0.39 is 4.92 Å². The van der Waals surface area contributed by atoms with E-state index in [1.165, 1.54) is 30.4 Å². The summed E-state index contributed by atoms with van der Waals surface area (Å²) in [7, 11) is 1.42. The van der Waals surface area contributed by atoms with Crippen molar-refractivity contribution in [3.05, 3.63) is 63.2 Å². The highest BCUT2D eigenvalue weighted by Gasteiger charge is 2.29. The molecule has 0 atom stereocenters. The quantitative estimate of drug-likeness (QED) is 0.495. The second kappa shape index (κ2) is 10.3. The zero-order chi connectivity index (χ0) is 22.4. The van der Waals surface area contributed by atoms with Crippen molar-refractivity contribution in [1.82, 2.24) is 9.80 Å². The van der Waals surface area contributed by atoms with Crippen LogP contribution in [0.15, 0.2) is 36.4 Å². The number of aryl methyl sites for hydroxylation is 1. The van der Waals surface area contributed by atoms with Crippen molar-refractivity contribution in [2.24, 2.45) is 0 Å². The number of hydrogen-bond acceptors (Lipinski definition) is 6. The van der Waals surface area contributed by atoms with E-state index in [9.17, 15) is 14.9 Å². The SMILES string of the molecule is CCOc1cc(C(=O)N2CCCN(Cc3ccc(C)cc3)CC2)c([N+](=O)[O-])cc1OC. The third-order valence-electron chi connectivity index (χ3n) is 5.41. The minimum atomic E-state index is -0.549. The van der Waals surface area contributed by atoms with Gasteiger partial charge in [0.05, 0.1) is 24.7 Å². The summed E-state index contributed by atoms with van der Waals surface area (Å²) in [6, 6.07) is 11.1. The van der Waals surface area contributed by atoms with Gasteiger partial charge >= 0.3 is 0 Å². The van der Waals surface area contributed by atoms with E-state index in [-0.39, 0.29) is 22.9 Å². The molecule has 0 radical (unpaired) electrons. The molecule has 0 bridgehead atoms. The van der Waals surface area contributed by atoms with Gasteiger partial charge in [0.2, 0.25) is 0 Å². The minimum absolute atomic E-state index is 0.0289. The lowest BCUT2D eigenvalue weighted by Crippen LogP contribution is -2.35. The van der Waals surface area contributed by atoms with Gasteiger partial charge in [0.1, 0.15) is 5.56 Å². The van der Waals surface area contributed by atoms with E-state index in [1.807, 2.05) is 0 Å². The van der Waals surface area contributed by atoms with Crippen LogP contribution >= 0.6 is 0 Å². The van der Waals surface area contributed by atoms with Gasteiger partial charge in [-0.3, -0.25) is 19.8 Å². The third kappa shape index (κ3) is 5.52. The Kier molecular flexibility index (Phi) is 7.46. The topological polar surface area (TPSA) is 85.2 Å². The molecule has 1 aliphatic rings. The second-order valence-electron chi connectivity index (χ2n) is 7.62. The summed E-state index contributed by atoms with van der Waals surface area (Å²) in [5.74, 6) is 0.215. The first kappa shape index (κ1) is 22.6. The number of benzene rings is 2. The van der Waals surface area contributed by atoms with Crippen LogP contribution in [0.1, 0.15) is 34.8 Å². The molecular formula is C23H29N3O5. The highest BCUT2D eigenvalue weighted by molar-refractivity contribution is 5.99. The summed E-state index contributed by atoms with van der Waals surface area (Å²) >= 11 is 0. The first-order valence-corrected chi connectivity index (χ1v) is 10.5. The van der Waals surface area contributed by atoms with Gasteiger partial charge in [-0.1, -0.05) is 29.8 Å². The maximum Gasteiger partial charge on any atom is 0.286 e. The van der Waals surface area contributed by atoms with Crippen molar-refractivity contribution < 1.29 is 19.2 Å². The van der Waals surface area contributed by atoms with Crippen LogP contribution in [-0.2, 0) is 6.54 Å². The van der Waals surface area contributed by atoms with Crippen LogP contribution in [-0.4, -0.2) is 60.5 Å². The Morgan fingerprint density at radius 3 is 2.48 bits per heavy atom. The molecule has 8 heteroatoms. The number of carbonyl (C=O) groups excluding carboxylic acids is 1. The molecule has 0 spiro atoms. The molecule has 1 saturated heterocycles. The Balaban J connectivity index is 1.77. The number of methoxy groups -OCH3 is 1. The molecule has 8 nitrogen and oxygen atoms in total. The van der Waals surface area contributed by atoms with Crippen LogP contribution in [0.2, 0.25) is 0 Å². The fraction of sp³-hybridized carbons (Fsp3) is 0.435. The van der Waals surface area contributed by atoms with Crippen molar-refractivity contribution in [1.29, 1.82) is 0 Å². The van der Waals surface area contributed by atoms with Gasteiger partial charge in [0, 0.05) is 38.8 Å². The second-order valence-corrected chi connectivity index (χ2v) is 7.62. The smallest absolute Gasteiger partial charge is 0.286 e. The summed E-state index contributed by atoms with van der Waals surface area (Å²) in [4.78, 5) is 28.3. The normalized spacial score (nSPS) is 14.7. The Labute approximate surface area is 182 Å². The van der Waals surface area contributed by atoms with E-state index in [0.29, 0.717) is 32.0 Å². The monoisotopic (exact) mass is 427 g/mol. The minimum Gasteiger partial charge on any atom is -0.493 e. The molecule has 1 heterocycles. The summed E-state index contributed by atoms with van der Waals surface area (Å²) in [5.41, 5.74) is 2.22. The number of carbonyl (C=O) groups is 1. The van der Waals surface area contributed by atoms with Gasteiger partial charge < -0.3 is 14.4 Å². The number of hydrogen-bond donors (Lipinski definition) is 0. The molecule has 2 aromatic carbocycles. The molecule has 1 aliphatic heterocycles. The molecule has 3 rings (SSSR count). The number of nitro benzene ring substituents is 1. The van der Waals surface area contributed by atoms with Crippen LogP contribution < -0.4 is 9.47 Å². The van der Waals surface area contributed by atoms with Crippen molar-refractivity contribution in [2.75, 3.05) is 39.9 Å². The molecule has 0 aliphatic carbocycles. The van der Waals surface area contributed by atoms with Gasteiger partial charge in [0.25, 0.3) is 11.6 Å². The average Bonchev–Trinajstić information content (AvgIpc) is 3.00. The highest BCUT2D eigenvalue weighted by atomic mass is 16.6. The molecule has 0 unspecified atom stereocenters. The van der Waals surface area contributed by atoms with Crippen LogP contribution in [0, 0.1) is 17.0 Å². The van der Waals surface area contributed by atoms with Crippen LogP contribution in [0.4, 0.5) is 5.69 Å². The molecule has 0 saturated carbocycles. The molecule has 166 valence electrons. The van der Waals surface area contributed by atoms with Crippen molar-refractivity contribution in [3.63, 3.8) is 0 Å². The summed E-state index contributed by atoms with van der Waals surface area (Å²) in [6.45, 7) is 7.69. The highest BCUT2D eigenvalue weighted by Crippen LogP contribution is 2.35. The van der Waals surface area contributed by atoms with Crippen molar-refractivity contribution in [2.45, 2.75) is 26.8 Å². The predicted octanol–water partition coefficient (Wildman–Crippen LogP) is 3.66. The molecule has 0 aromatic heterocycles.